The molecule has 1 aliphatic rings. The number of nitrogens with one attached hydrogen (secondary N) is 1. The van der Waals surface area contributed by atoms with E-state index in [0.29, 0.717) is 6.04 Å². The van der Waals surface area contributed by atoms with Gasteiger partial charge in [-0.3, -0.25) is 0 Å². The number of hydrogen-bond acceptors (Lipinski definition) is 2. The van der Waals surface area contributed by atoms with E-state index in [0.717, 1.165) is 24.0 Å². The minimum absolute atomic E-state index is 0.487. The van der Waals surface area contributed by atoms with Crippen molar-refractivity contribution in [3.05, 3.63) is 28.8 Å². The molecule has 0 atom stereocenters. The number of benzene rings is 1. The van der Waals surface area contributed by atoms with Crippen molar-refractivity contribution >= 4 is 17.3 Å². The summed E-state index contributed by atoms with van der Waals surface area (Å²) in [4.78, 5) is 2.42. The fourth-order valence-corrected chi connectivity index (χ4v) is 3.43. The highest BCUT2D eigenvalue weighted by Gasteiger charge is 2.17. The molecule has 1 saturated carbocycles. The summed E-state index contributed by atoms with van der Waals surface area (Å²) >= 11 is 6.18. The molecular weight excluding hydrogens is 280 g/mol. The SMILES string of the molecule is CC(C)NCc1cc(Cl)ccc1N(C)CC1CCCCC1. The van der Waals surface area contributed by atoms with E-state index in [-0.39, 0.29) is 0 Å². The Balaban J connectivity index is 2.05. The normalized spacial score (nSPS) is 16.4. The highest BCUT2D eigenvalue weighted by Crippen LogP contribution is 2.28. The molecule has 0 aromatic heterocycles. The summed E-state index contributed by atoms with van der Waals surface area (Å²) in [5, 5.41) is 4.33. The standard InChI is InChI=1S/C18H29ClN2/c1-14(2)20-12-16-11-17(19)9-10-18(16)21(3)13-15-7-5-4-6-8-15/h9-11,14-15,20H,4-8,12-13H2,1-3H3. The van der Waals surface area contributed by atoms with Crippen molar-refractivity contribution < 1.29 is 0 Å². The Morgan fingerprint density at radius 3 is 2.62 bits per heavy atom. The summed E-state index contributed by atoms with van der Waals surface area (Å²) in [6, 6.07) is 6.76. The zero-order valence-electron chi connectivity index (χ0n) is 13.7. The van der Waals surface area contributed by atoms with Crippen LogP contribution in [0.2, 0.25) is 5.02 Å². The van der Waals surface area contributed by atoms with Crippen LogP contribution in [0.15, 0.2) is 18.2 Å². The van der Waals surface area contributed by atoms with Gasteiger partial charge < -0.3 is 10.2 Å². The van der Waals surface area contributed by atoms with Gasteiger partial charge in [-0.1, -0.05) is 44.7 Å². The third-order valence-corrected chi connectivity index (χ3v) is 4.65. The van der Waals surface area contributed by atoms with Gasteiger partial charge in [0.05, 0.1) is 0 Å². The van der Waals surface area contributed by atoms with Crippen LogP contribution in [-0.4, -0.2) is 19.6 Å². The molecule has 1 aromatic carbocycles. The van der Waals surface area contributed by atoms with E-state index in [2.05, 4.69) is 43.2 Å². The largest absolute Gasteiger partial charge is 0.374 e. The third kappa shape index (κ3) is 5.19. The molecule has 0 amide bonds. The molecule has 0 bridgehead atoms. The number of nitrogens with zero attached hydrogens (tertiary/aromatic N) is 1. The molecule has 2 nitrogen and oxygen atoms in total. The fourth-order valence-electron chi connectivity index (χ4n) is 3.24. The van der Waals surface area contributed by atoms with Gasteiger partial charge in [0.15, 0.2) is 0 Å². The Morgan fingerprint density at radius 1 is 1.24 bits per heavy atom. The van der Waals surface area contributed by atoms with Gasteiger partial charge >= 0.3 is 0 Å². The highest BCUT2D eigenvalue weighted by molar-refractivity contribution is 6.30. The smallest absolute Gasteiger partial charge is 0.0410 e. The minimum Gasteiger partial charge on any atom is -0.374 e. The summed E-state index contributed by atoms with van der Waals surface area (Å²) in [5.74, 6) is 0.852. The molecule has 1 fully saturated rings. The molecule has 0 spiro atoms. The van der Waals surface area contributed by atoms with Crippen LogP contribution in [0.3, 0.4) is 0 Å². The van der Waals surface area contributed by atoms with Crippen LogP contribution in [0.5, 0.6) is 0 Å². The van der Waals surface area contributed by atoms with Gasteiger partial charge in [0.1, 0.15) is 0 Å². The van der Waals surface area contributed by atoms with E-state index < -0.39 is 0 Å². The zero-order valence-corrected chi connectivity index (χ0v) is 14.4. The summed E-state index contributed by atoms with van der Waals surface area (Å²) in [6.07, 6.45) is 7.00. The Labute approximate surface area is 134 Å². The topological polar surface area (TPSA) is 15.3 Å². The second-order valence-electron chi connectivity index (χ2n) is 6.69. The van der Waals surface area contributed by atoms with Crippen LogP contribution in [0.25, 0.3) is 0 Å². The zero-order chi connectivity index (χ0) is 15.2. The van der Waals surface area contributed by atoms with Gasteiger partial charge in [-0.05, 0) is 42.5 Å². The molecule has 0 aliphatic heterocycles. The number of anilines is 1. The van der Waals surface area contributed by atoms with Crippen LogP contribution in [-0.2, 0) is 6.54 Å². The quantitative estimate of drug-likeness (QED) is 0.807. The third-order valence-electron chi connectivity index (χ3n) is 4.41. The average molecular weight is 309 g/mol. The molecule has 0 saturated heterocycles. The van der Waals surface area contributed by atoms with E-state index >= 15 is 0 Å². The molecule has 1 aliphatic carbocycles. The van der Waals surface area contributed by atoms with Crippen LogP contribution in [0.4, 0.5) is 5.69 Å². The lowest BCUT2D eigenvalue weighted by atomic mass is 9.89. The molecule has 0 heterocycles. The first-order valence-corrected chi connectivity index (χ1v) is 8.67. The van der Waals surface area contributed by atoms with Crippen molar-refractivity contribution in [2.45, 2.75) is 58.5 Å². The predicted octanol–water partition coefficient (Wildman–Crippen LogP) is 4.85. The van der Waals surface area contributed by atoms with Crippen LogP contribution in [0.1, 0.15) is 51.5 Å². The Hall–Kier alpha value is -0.730. The summed E-state index contributed by atoms with van der Waals surface area (Å²) in [7, 11) is 2.22. The van der Waals surface area contributed by atoms with E-state index in [1.165, 1.54) is 43.4 Å². The van der Waals surface area contributed by atoms with Gasteiger partial charge in [-0.15, -0.1) is 0 Å². The van der Waals surface area contributed by atoms with E-state index in [9.17, 15) is 0 Å². The lowest BCUT2D eigenvalue weighted by Crippen LogP contribution is -2.29. The molecule has 118 valence electrons. The highest BCUT2D eigenvalue weighted by atomic mass is 35.5. The molecule has 3 heteroatoms. The maximum Gasteiger partial charge on any atom is 0.0410 e. The number of rotatable bonds is 6. The van der Waals surface area contributed by atoms with E-state index in [4.69, 9.17) is 11.6 Å². The van der Waals surface area contributed by atoms with E-state index in [1.54, 1.807) is 0 Å². The van der Waals surface area contributed by atoms with Gasteiger partial charge in [0.2, 0.25) is 0 Å². The molecule has 1 aromatic rings. The maximum absolute atomic E-state index is 6.18. The van der Waals surface area contributed by atoms with Crippen molar-refractivity contribution in [3.63, 3.8) is 0 Å². The molecule has 0 radical (unpaired) electrons. The minimum atomic E-state index is 0.487. The first-order valence-electron chi connectivity index (χ1n) is 8.29. The summed E-state index contributed by atoms with van der Waals surface area (Å²) in [5.41, 5.74) is 2.62. The first-order chi connectivity index (χ1) is 10.1. The second-order valence-corrected chi connectivity index (χ2v) is 7.13. The van der Waals surface area contributed by atoms with Gasteiger partial charge in [-0.2, -0.15) is 0 Å². The molecule has 1 N–H and O–H groups in total. The Kier molecular flexibility index (Phi) is 6.38. The lowest BCUT2D eigenvalue weighted by molar-refractivity contribution is 0.362. The van der Waals surface area contributed by atoms with Crippen molar-refractivity contribution in [1.29, 1.82) is 0 Å². The van der Waals surface area contributed by atoms with Gasteiger partial charge in [0.25, 0.3) is 0 Å². The molecule has 2 rings (SSSR count). The Bertz CT molecular complexity index is 439. The summed E-state index contributed by atoms with van der Waals surface area (Å²) < 4.78 is 0. The van der Waals surface area contributed by atoms with Gasteiger partial charge in [0, 0.05) is 36.9 Å². The Morgan fingerprint density at radius 2 is 1.95 bits per heavy atom. The molecule has 0 unspecified atom stereocenters. The average Bonchev–Trinajstić information content (AvgIpc) is 2.46. The van der Waals surface area contributed by atoms with Crippen molar-refractivity contribution in [3.8, 4) is 0 Å². The van der Waals surface area contributed by atoms with Crippen molar-refractivity contribution in [2.75, 3.05) is 18.5 Å². The van der Waals surface area contributed by atoms with E-state index in [1.807, 2.05) is 6.07 Å². The second kappa shape index (κ2) is 8.05. The van der Waals surface area contributed by atoms with Crippen molar-refractivity contribution in [1.82, 2.24) is 5.32 Å². The predicted molar refractivity (Wildman–Crippen MR) is 93.3 cm³/mol. The number of halogens is 1. The van der Waals surface area contributed by atoms with Crippen LogP contribution in [0, 0.1) is 5.92 Å². The lowest BCUT2D eigenvalue weighted by Gasteiger charge is -2.30. The van der Waals surface area contributed by atoms with Gasteiger partial charge in [-0.25, -0.2) is 0 Å². The van der Waals surface area contributed by atoms with Crippen LogP contribution < -0.4 is 10.2 Å². The molecular formula is C18H29ClN2. The fraction of sp³-hybridized carbons (Fsp3) is 0.667. The van der Waals surface area contributed by atoms with Crippen molar-refractivity contribution in [2.24, 2.45) is 5.92 Å². The maximum atomic E-state index is 6.18. The summed E-state index contributed by atoms with van der Waals surface area (Å²) in [6.45, 7) is 6.39. The van der Waals surface area contributed by atoms with Crippen LogP contribution >= 0.6 is 11.6 Å². The molecule has 21 heavy (non-hydrogen) atoms. The first kappa shape index (κ1) is 16.6. The number of hydrogen-bond donors (Lipinski definition) is 1. The monoisotopic (exact) mass is 308 g/mol.